The van der Waals surface area contributed by atoms with E-state index < -0.39 is 0 Å². The first-order valence-electron chi connectivity index (χ1n) is 7.57. The molecule has 24 heavy (non-hydrogen) atoms. The molecule has 0 unspecified atom stereocenters. The number of hydrogen-bond donors (Lipinski definition) is 2. The van der Waals surface area contributed by atoms with Crippen LogP contribution in [0.5, 0.6) is 0 Å². The van der Waals surface area contributed by atoms with Crippen LogP contribution in [0.1, 0.15) is 16.2 Å². The van der Waals surface area contributed by atoms with Gasteiger partial charge in [-0.2, -0.15) is 10.2 Å². The number of H-pyrrole nitrogens is 2. The van der Waals surface area contributed by atoms with Gasteiger partial charge in [0.1, 0.15) is 11.4 Å². The summed E-state index contributed by atoms with van der Waals surface area (Å²) in [5, 5.41) is 14.0. The fraction of sp³-hybridized carbons (Fsp3) is 0. The second-order valence-corrected chi connectivity index (χ2v) is 5.39. The van der Waals surface area contributed by atoms with Crippen molar-refractivity contribution >= 4 is 5.78 Å². The summed E-state index contributed by atoms with van der Waals surface area (Å²) < 4.78 is 0. The zero-order valence-electron chi connectivity index (χ0n) is 12.7. The molecule has 2 heterocycles. The predicted octanol–water partition coefficient (Wildman–Crippen LogP) is 3.70. The lowest BCUT2D eigenvalue weighted by Gasteiger charge is -1.93. The Kier molecular flexibility index (Phi) is 3.51. The van der Waals surface area contributed by atoms with E-state index in [-0.39, 0.29) is 5.78 Å². The van der Waals surface area contributed by atoms with Crippen LogP contribution in [-0.4, -0.2) is 26.2 Å². The third-order valence-corrected chi connectivity index (χ3v) is 3.78. The minimum absolute atomic E-state index is 0.167. The maximum Gasteiger partial charge on any atom is 0.228 e. The van der Waals surface area contributed by atoms with Gasteiger partial charge >= 0.3 is 0 Å². The Morgan fingerprint density at radius 2 is 1.08 bits per heavy atom. The average molecular weight is 314 g/mol. The molecular formula is C19H14N4O. The topological polar surface area (TPSA) is 74.4 Å². The summed E-state index contributed by atoms with van der Waals surface area (Å²) >= 11 is 0. The van der Waals surface area contributed by atoms with Crippen LogP contribution < -0.4 is 0 Å². The third kappa shape index (κ3) is 2.63. The molecule has 5 heteroatoms. The molecule has 0 fully saturated rings. The summed E-state index contributed by atoms with van der Waals surface area (Å²) in [6.45, 7) is 0. The highest BCUT2D eigenvalue weighted by Crippen LogP contribution is 2.20. The molecule has 0 radical (unpaired) electrons. The van der Waals surface area contributed by atoms with Crippen LogP contribution in [0, 0.1) is 0 Å². The van der Waals surface area contributed by atoms with E-state index in [9.17, 15) is 4.79 Å². The van der Waals surface area contributed by atoms with Crippen LogP contribution in [0.2, 0.25) is 0 Å². The molecule has 5 nitrogen and oxygen atoms in total. The van der Waals surface area contributed by atoms with E-state index in [1.165, 1.54) is 0 Å². The third-order valence-electron chi connectivity index (χ3n) is 3.78. The number of nitrogens with zero attached hydrogens (tertiary/aromatic N) is 2. The van der Waals surface area contributed by atoms with Crippen LogP contribution in [0.25, 0.3) is 22.5 Å². The van der Waals surface area contributed by atoms with Gasteiger partial charge < -0.3 is 0 Å². The molecule has 0 saturated heterocycles. The second-order valence-electron chi connectivity index (χ2n) is 5.39. The first kappa shape index (κ1) is 14.1. The van der Waals surface area contributed by atoms with E-state index in [0.717, 1.165) is 22.5 Å². The summed E-state index contributed by atoms with van der Waals surface area (Å²) in [4.78, 5) is 12.6. The largest absolute Gasteiger partial charge is 0.285 e. The number of hydrogen-bond acceptors (Lipinski definition) is 3. The zero-order chi connectivity index (χ0) is 16.4. The van der Waals surface area contributed by atoms with Crippen molar-refractivity contribution in [2.45, 2.75) is 0 Å². The lowest BCUT2D eigenvalue weighted by atomic mass is 10.1. The Morgan fingerprint density at radius 3 is 1.50 bits per heavy atom. The van der Waals surface area contributed by atoms with E-state index in [0.29, 0.717) is 11.4 Å². The molecule has 2 aromatic heterocycles. The fourth-order valence-corrected chi connectivity index (χ4v) is 2.53. The number of benzene rings is 2. The van der Waals surface area contributed by atoms with Crippen LogP contribution >= 0.6 is 0 Å². The van der Waals surface area contributed by atoms with Crippen molar-refractivity contribution in [3.63, 3.8) is 0 Å². The van der Waals surface area contributed by atoms with Gasteiger partial charge in [0, 0.05) is 11.1 Å². The Hall–Kier alpha value is -3.47. The van der Waals surface area contributed by atoms with Crippen LogP contribution in [-0.2, 0) is 0 Å². The quantitative estimate of drug-likeness (QED) is 0.564. The standard InChI is InChI=1S/C19H14N4O/c24-19(17-11-15(20-22-17)13-7-3-1-4-8-13)18-12-16(21-23-18)14-9-5-2-6-10-14/h1-12H,(H,20,22)(H,21,23). The lowest BCUT2D eigenvalue weighted by molar-refractivity contribution is 0.102. The van der Waals surface area contributed by atoms with Crippen LogP contribution in [0.3, 0.4) is 0 Å². The van der Waals surface area contributed by atoms with Gasteiger partial charge in [0.2, 0.25) is 5.78 Å². The van der Waals surface area contributed by atoms with Gasteiger partial charge in [-0.25, -0.2) is 0 Å². The van der Waals surface area contributed by atoms with Crippen molar-refractivity contribution in [2.24, 2.45) is 0 Å². The van der Waals surface area contributed by atoms with Crippen LogP contribution in [0.15, 0.2) is 72.8 Å². The van der Waals surface area contributed by atoms with Crippen molar-refractivity contribution in [3.8, 4) is 22.5 Å². The first-order valence-corrected chi connectivity index (χ1v) is 7.57. The van der Waals surface area contributed by atoms with Gasteiger partial charge in [-0.05, 0) is 12.1 Å². The number of nitrogens with one attached hydrogen (secondary N) is 2. The van der Waals surface area contributed by atoms with Gasteiger partial charge in [0.25, 0.3) is 0 Å². The van der Waals surface area contributed by atoms with Gasteiger partial charge in [-0.1, -0.05) is 60.7 Å². The van der Waals surface area contributed by atoms with Crippen LogP contribution in [0.4, 0.5) is 0 Å². The number of rotatable bonds is 4. The van der Waals surface area contributed by atoms with Gasteiger partial charge in [0.05, 0.1) is 11.4 Å². The first-order chi connectivity index (χ1) is 11.8. The van der Waals surface area contributed by atoms with E-state index >= 15 is 0 Å². The summed E-state index contributed by atoms with van der Waals surface area (Å²) in [6, 6.07) is 22.9. The van der Waals surface area contributed by atoms with Gasteiger partial charge in [0.15, 0.2) is 0 Å². The zero-order valence-corrected chi connectivity index (χ0v) is 12.7. The average Bonchev–Trinajstić information content (AvgIpc) is 3.33. The van der Waals surface area contributed by atoms with Crippen molar-refractivity contribution in [3.05, 3.63) is 84.2 Å². The molecule has 0 atom stereocenters. The number of ketones is 1. The maximum absolute atomic E-state index is 12.6. The normalized spacial score (nSPS) is 10.7. The SMILES string of the molecule is O=C(c1cc(-c2ccccc2)n[nH]1)c1cc(-c2ccccc2)n[nH]1. The molecule has 0 saturated carbocycles. The lowest BCUT2D eigenvalue weighted by Crippen LogP contribution is -2.02. The predicted molar refractivity (Wildman–Crippen MR) is 91.5 cm³/mol. The summed E-state index contributed by atoms with van der Waals surface area (Å²) in [5.74, 6) is -0.167. The molecule has 0 aliphatic carbocycles. The molecule has 0 aliphatic rings. The second kappa shape index (κ2) is 5.96. The van der Waals surface area contributed by atoms with E-state index in [1.54, 1.807) is 12.1 Å². The molecule has 0 amide bonds. The van der Waals surface area contributed by atoms with Crippen molar-refractivity contribution in [2.75, 3.05) is 0 Å². The minimum atomic E-state index is -0.167. The molecule has 0 bridgehead atoms. The Bertz CT molecular complexity index is 891. The monoisotopic (exact) mass is 314 g/mol. The van der Waals surface area contributed by atoms with Crippen molar-refractivity contribution < 1.29 is 4.79 Å². The smallest absolute Gasteiger partial charge is 0.228 e. The Morgan fingerprint density at radius 1 is 0.667 bits per heavy atom. The molecule has 0 spiro atoms. The Balaban J connectivity index is 1.61. The molecule has 2 aromatic carbocycles. The van der Waals surface area contributed by atoms with E-state index in [2.05, 4.69) is 20.4 Å². The molecule has 4 rings (SSSR count). The molecule has 0 aliphatic heterocycles. The molecule has 2 N–H and O–H groups in total. The highest BCUT2D eigenvalue weighted by Gasteiger charge is 2.16. The number of aromatic nitrogens is 4. The number of aromatic amines is 2. The Labute approximate surface area is 138 Å². The van der Waals surface area contributed by atoms with E-state index in [4.69, 9.17) is 0 Å². The minimum Gasteiger partial charge on any atom is -0.285 e. The molecule has 4 aromatic rings. The highest BCUT2D eigenvalue weighted by molar-refractivity contribution is 6.07. The molecular weight excluding hydrogens is 300 g/mol. The summed E-state index contributed by atoms with van der Waals surface area (Å²) in [7, 11) is 0. The summed E-state index contributed by atoms with van der Waals surface area (Å²) in [5.41, 5.74) is 4.25. The van der Waals surface area contributed by atoms with Crippen molar-refractivity contribution in [1.82, 2.24) is 20.4 Å². The van der Waals surface area contributed by atoms with E-state index in [1.807, 2.05) is 60.7 Å². The van der Waals surface area contributed by atoms with Gasteiger partial charge in [-0.15, -0.1) is 0 Å². The maximum atomic E-state index is 12.6. The van der Waals surface area contributed by atoms with Gasteiger partial charge in [-0.3, -0.25) is 15.0 Å². The number of carbonyl (C=O) groups is 1. The molecule has 116 valence electrons. The van der Waals surface area contributed by atoms with Crippen molar-refractivity contribution in [1.29, 1.82) is 0 Å². The highest BCUT2D eigenvalue weighted by atomic mass is 16.1. The summed E-state index contributed by atoms with van der Waals surface area (Å²) in [6.07, 6.45) is 0. The number of carbonyl (C=O) groups excluding carboxylic acids is 1. The fourth-order valence-electron chi connectivity index (χ4n) is 2.53.